The third-order valence-corrected chi connectivity index (χ3v) is 4.33. The van der Waals surface area contributed by atoms with E-state index in [0.29, 0.717) is 6.42 Å². The largest absolute Gasteiger partial charge is 0.389 e. The van der Waals surface area contributed by atoms with Gasteiger partial charge in [-0.3, -0.25) is 0 Å². The van der Waals surface area contributed by atoms with Crippen LogP contribution in [0.3, 0.4) is 0 Å². The highest BCUT2D eigenvalue weighted by Gasteiger charge is 2.27. The van der Waals surface area contributed by atoms with Gasteiger partial charge in [0.2, 0.25) is 0 Å². The molecule has 18 heavy (non-hydrogen) atoms. The van der Waals surface area contributed by atoms with E-state index in [2.05, 4.69) is 21.2 Å². The van der Waals surface area contributed by atoms with E-state index in [0.717, 1.165) is 22.3 Å². The van der Waals surface area contributed by atoms with E-state index < -0.39 is 12.6 Å². The highest BCUT2D eigenvalue weighted by atomic mass is 79.9. The Labute approximate surface area is 118 Å². The van der Waals surface area contributed by atoms with Gasteiger partial charge in [-0.1, -0.05) is 6.92 Å². The average molecular weight is 344 g/mol. The van der Waals surface area contributed by atoms with Gasteiger partial charge in [-0.15, -0.1) is 11.3 Å². The van der Waals surface area contributed by atoms with Crippen LogP contribution in [0, 0.1) is 0 Å². The van der Waals surface area contributed by atoms with E-state index in [1.807, 2.05) is 18.4 Å². The fourth-order valence-corrected chi connectivity index (χ4v) is 3.24. The molecule has 0 bridgehead atoms. The van der Waals surface area contributed by atoms with Crippen molar-refractivity contribution in [2.45, 2.75) is 44.8 Å². The third kappa shape index (κ3) is 6.20. The molecule has 0 amide bonds. The molecule has 0 aliphatic carbocycles. The number of rotatable bonds is 7. The molecule has 0 aromatic carbocycles. The Balaban J connectivity index is 2.51. The summed E-state index contributed by atoms with van der Waals surface area (Å²) < 4.78 is 37.4. The molecule has 1 N–H and O–H groups in total. The lowest BCUT2D eigenvalue weighted by Crippen LogP contribution is -2.22. The summed E-state index contributed by atoms with van der Waals surface area (Å²) in [6.07, 6.45) is -3.09. The second kappa shape index (κ2) is 7.50. The quantitative estimate of drug-likeness (QED) is 0.709. The molecule has 1 nitrogen and oxygen atoms in total. The van der Waals surface area contributed by atoms with Gasteiger partial charge in [0, 0.05) is 27.2 Å². The first-order chi connectivity index (χ1) is 8.42. The molecular weight excluding hydrogens is 327 g/mol. The van der Waals surface area contributed by atoms with Crippen molar-refractivity contribution in [3.05, 3.63) is 20.8 Å². The minimum Gasteiger partial charge on any atom is -0.309 e. The molecule has 1 aromatic heterocycles. The highest BCUT2D eigenvalue weighted by Crippen LogP contribution is 2.30. The second-order valence-electron chi connectivity index (χ2n) is 4.18. The number of thiophene rings is 1. The fraction of sp³-hybridized carbons (Fsp3) is 0.667. The van der Waals surface area contributed by atoms with Crippen molar-refractivity contribution in [2.24, 2.45) is 0 Å². The smallest absolute Gasteiger partial charge is 0.309 e. The minimum atomic E-state index is -4.05. The summed E-state index contributed by atoms with van der Waals surface area (Å²) in [5.41, 5.74) is 0. The van der Waals surface area contributed by atoms with Gasteiger partial charge >= 0.3 is 6.18 Å². The molecule has 0 saturated heterocycles. The number of alkyl halides is 3. The van der Waals surface area contributed by atoms with Crippen LogP contribution in [0.4, 0.5) is 13.2 Å². The van der Waals surface area contributed by atoms with Crippen LogP contribution < -0.4 is 5.32 Å². The van der Waals surface area contributed by atoms with Gasteiger partial charge in [0.15, 0.2) is 0 Å². The summed E-state index contributed by atoms with van der Waals surface area (Å²) >= 11 is 4.95. The molecule has 0 aliphatic heterocycles. The SMILES string of the molecule is CCCNC(CCCC(F)(F)F)c1cc(Br)cs1. The molecule has 1 atom stereocenters. The molecule has 1 heterocycles. The zero-order chi connectivity index (χ0) is 13.6. The Morgan fingerprint density at radius 1 is 1.44 bits per heavy atom. The number of halogens is 4. The summed E-state index contributed by atoms with van der Waals surface area (Å²) in [7, 11) is 0. The molecule has 0 fully saturated rings. The molecular formula is C12H17BrF3NS. The van der Waals surface area contributed by atoms with Gasteiger partial charge in [-0.25, -0.2) is 0 Å². The van der Waals surface area contributed by atoms with Crippen LogP contribution in [0.25, 0.3) is 0 Å². The number of hydrogen-bond donors (Lipinski definition) is 1. The second-order valence-corrected chi connectivity index (χ2v) is 6.04. The van der Waals surface area contributed by atoms with Crippen LogP contribution in [0.15, 0.2) is 15.9 Å². The first-order valence-corrected chi connectivity index (χ1v) is 7.63. The summed E-state index contributed by atoms with van der Waals surface area (Å²) in [5, 5.41) is 5.27. The van der Waals surface area contributed by atoms with Gasteiger partial charge in [-0.05, 0) is 47.8 Å². The van der Waals surface area contributed by atoms with Crippen molar-refractivity contribution in [1.82, 2.24) is 5.32 Å². The zero-order valence-electron chi connectivity index (χ0n) is 10.2. The van der Waals surface area contributed by atoms with E-state index in [1.165, 1.54) is 0 Å². The van der Waals surface area contributed by atoms with Crippen LogP contribution in [-0.2, 0) is 0 Å². The Morgan fingerprint density at radius 2 is 2.17 bits per heavy atom. The zero-order valence-corrected chi connectivity index (χ0v) is 12.6. The van der Waals surface area contributed by atoms with Crippen LogP contribution >= 0.6 is 27.3 Å². The number of hydrogen-bond acceptors (Lipinski definition) is 2. The van der Waals surface area contributed by atoms with Gasteiger partial charge in [-0.2, -0.15) is 13.2 Å². The lowest BCUT2D eigenvalue weighted by atomic mass is 10.1. The molecule has 1 aromatic rings. The van der Waals surface area contributed by atoms with Crippen LogP contribution in [-0.4, -0.2) is 12.7 Å². The Morgan fingerprint density at radius 3 is 2.67 bits per heavy atom. The van der Waals surface area contributed by atoms with Crippen molar-refractivity contribution < 1.29 is 13.2 Å². The Bertz CT molecular complexity index is 351. The van der Waals surface area contributed by atoms with Gasteiger partial charge in [0.1, 0.15) is 0 Å². The maximum Gasteiger partial charge on any atom is 0.389 e. The predicted octanol–water partition coefficient (Wildman–Crippen LogP) is 5.28. The maximum atomic E-state index is 12.1. The first-order valence-electron chi connectivity index (χ1n) is 5.96. The Kier molecular flexibility index (Phi) is 6.66. The standard InChI is InChI=1S/C12H17BrF3NS/c1-2-6-17-10(4-3-5-12(14,15)16)11-7-9(13)8-18-11/h7-8,10,17H,2-6H2,1H3. The predicted molar refractivity (Wildman–Crippen MR) is 73.0 cm³/mol. The van der Waals surface area contributed by atoms with Crippen LogP contribution in [0.1, 0.15) is 43.5 Å². The average Bonchev–Trinajstić information content (AvgIpc) is 2.68. The molecule has 6 heteroatoms. The maximum absolute atomic E-state index is 12.1. The summed E-state index contributed by atoms with van der Waals surface area (Å²) in [4.78, 5) is 1.09. The van der Waals surface area contributed by atoms with Crippen molar-refractivity contribution in [3.8, 4) is 0 Å². The molecule has 1 unspecified atom stereocenters. The normalized spacial score (nSPS) is 13.8. The van der Waals surface area contributed by atoms with E-state index in [4.69, 9.17) is 0 Å². The summed E-state index contributed by atoms with van der Waals surface area (Å²) in [6.45, 7) is 2.87. The van der Waals surface area contributed by atoms with Crippen molar-refractivity contribution in [2.75, 3.05) is 6.54 Å². The molecule has 0 saturated carbocycles. The lowest BCUT2D eigenvalue weighted by molar-refractivity contribution is -0.135. The van der Waals surface area contributed by atoms with Crippen LogP contribution in [0.5, 0.6) is 0 Å². The topological polar surface area (TPSA) is 12.0 Å². The van der Waals surface area contributed by atoms with Gasteiger partial charge in [0.05, 0.1) is 0 Å². The monoisotopic (exact) mass is 343 g/mol. The molecule has 0 aliphatic rings. The summed E-state index contributed by atoms with van der Waals surface area (Å²) in [6, 6.07) is 2.01. The minimum absolute atomic E-state index is 0.0311. The fourth-order valence-electron chi connectivity index (χ4n) is 1.68. The lowest BCUT2D eigenvalue weighted by Gasteiger charge is -2.17. The van der Waals surface area contributed by atoms with E-state index in [-0.39, 0.29) is 12.5 Å². The summed E-state index contributed by atoms with van der Waals surface area (Å²) in [5.74, 6) is 0. The van der Waals surface area contributed by atoms with Crippen molar-refractivity contribution in [3.63, 3.8) is 0 Å². The molecule has 0 spiro atoms. The third-order valence-electron chi connectivity index (χ3n) is 2.52. The Hall–Kier alpha value is -0.0700. The van der Waals surface area contributed by atoms with Gasteiger partial charge in [0.25, 0.3) is 0 Å². The van der Waals surface area contributed by atoms with Crippen LogP contribution in [0.2, 0.25) is 0 Å². The van der Waals surface area contributed by atoms with E-state index in [1.54, 1.807) is 11.3 Å². The van der Waals surface area contributed by atoms with Gasteiger partial charge < -0.3 is 5.32 Å². The van der Waals surface area contributed by atoms with Crippen molar-refractivity contribution in [1.29, 1.82) is 0 Å². The first kappa shape index (κ1) is 16.0. The molecule has 1 rings (SSSR count). The molecule has 104 valence electrons. The highest BCUT2D eigenvalue weighted by molar-refractivity contribution is 9.10. The van der Waals surface area contributed by atoms with E-state index in [9.17, 15) is 13.2 Å². The van der Waals surface area contributed by atoms with Crippen molar-refractivity contribution >= 4 is 27.3 Å². The van der Waals surface area contributed by atoms with E-state index >= 15 is 0 Å². The number of nitrogens with one attached hydrogen (secondary N) is 1. The molecule has 0 radical (unpaired) electrons.